The fourth-order valence-corrected chi connectivity index (χ4v) is 2.70. The zero-order valence-corrected chi connectivity index (χ0v) is 13.2. The highest BCUT2D eigenvalue weighted by molar-refractivity contribution is 5.79. The number of carbonyl (C=O) groups is 1. The van der Waals surface area contributed by atoms with Crippen molar-refractivity contribution in [1.29, 1.82) is 0 Å². The van der Waals surface area contributed by atoms with Gasteiger partial charge in [-0.3, -0.25) is 9.78 Å². The fraction of sp³-hybridized carbons (Fsp3) is 0.333. The van der Waals surface area contributed by atoms with Crippen LogP contribution in [0.5, 0.6) is 5.75 Å². The summed E-state index contributed by atoms with van der Waals surface area (Å²) in [6, 6.07) is 9.82. The van der Waals surface area contributed by atoms with Crippen molar-refractivity contribution in [3.05, 3.63) is 53.9 Å². The lowest BCUT2D eigenvalue weighted by Crippen LogP contribution is -2.39. The number of nitrogens with one attached hydrogen (secondary N) is 2. The monoisotopic (exact) mass is 311 g/mol. The molecular weight excluding hydrogens is 290 g/mol. The molecular formula is C18H21N3O2. The number of rotatable bonds is 5. The molecule has 1 aliphatic rings. The summed E-state index contributed by atoms with van der Waals surface area (Å²) >= 11 is 0. The second-order valence-electron chi connectivity index (χ2n) is 5.73. The Balaban J connectivity index is 1.45. The first-order valence-corrected chi connectivity index (χ1v) is 7.87. The van der Waals surface area contributed by atoms with Crippen molar-refractivity contribution < 1.29 is 9.53 Å². The lowest BCUT2D eigenvalue weighted by atomic mass is 9.96. The van der Waals surface area contributed by atoms with E-state index in [0.29, 0.717) is 19.7 Å². The maximum atomic E-state index is 12.3. The van der Waals surface area contributed by atoms with Crippen LogP contribution in [0.1, 0.15) is 11.1 Å². The average molecular weight is 311 g/mol. The van der Waals surface area contributed by atoms with E-state index in [2.05, 4.69) is 15.6 Å². The van der Waals surface area contributed by atoms with E-state index in [4.69, 9.17) is 4.74 Å². The predicted octanol–water partition coefficient (Wildman–Crippen LogP) is 2.17. The molecule has 1 aromatic heterocycles. The maximum Gasteiger partial charge on any atom is 0.226 e. The molecule has 1 aromatic carbocycles. The van der Waals surface area contributed by atoms with Crippen molar-refractivity contribution in [2.45, 2.75) is 13.3 Å². The number of hydrogen-bond acceptors (Lipinski definition) is 4. The number of benzene rings is 1. The largest absolute Gasteiger partial charge is 0.492 e. The second kappa shape index (κ2) is 7.13. The number of anilines is 1. The number of para-hydroxylation sites is 1. The molecule has 0 spiro atoms. The molecule has 1 amide bonds. The van der Waals surface area contributed by atoms with Crippen molar-refractivity contribution >= 4 is 11.6 Å². The van der Waals surface area contributed by atoms with Crippen molar-refractivity contribution in [3.63, 3.8) is 0 Å². The van der Waals surface area contributed by atoms with Crippen molar-refractivity contribution in [2.24, 2.45) is 5.92 Å². The number of fused-ring (bicyclic) bond motifs is 1. The number of aryl methyl sites for hydroxylation is 1. The topological polar surface area (TPSA) is 63.2 Å². The van der Waals surface area contributed by atoms with E-state index in [1.807, 2.05) is 43.5 Å². The Hall–Kier alpha value is -2.56. The molecule has 0 radical (unpaired) electrons. The summed E-state index contributed by atoms with van der Waals surface area (Å²) in [6.07, 6.45) is 4.31. The van der Waals surface area contributed by atoms with Gasteiger partial charge in [-0.2, -0.15) is 0 Å². The SMILES string of the molecule is Cc1cnccc1NCCNC(=O)[C@H]1COc2ccccc2C1. The maximum absolute atomic E-state index is 12.3. The van der Waals surface area contributed by atoms with Crippen LogP contribution in [0, 0.1) is 12.8 Å². The van der Waals surface area contributed by atoms with Gasteiger partial charge in [0.05, 0.1) is 5.92 Å². The summed E-state index contributed by atoms with van der Waals surface area (Å²) in [6.45, 7) is 3.71. The van der Waals surface area contributed by atoms with Gasteiger partial charge in [0.15, 0.2) is 0 Å². The van der Waals surface area contributed by atoms with Crippen LogP contribution in [0.25, 0.3) is 0 Å². The third kappa shape index (κ3) is 3.80. The van der Waals surface area contributed by atoms with Gasteiger partial charge in [0.1, 0.15) is 12.4 Å². The summed E-state index contributed by atoms with van der Waals surface area (Å²) in [7, 11) is 0. The fourth-order valence-electron chi connectivity index (χ4n) is 2.70. The third-order valence-corrected chi connectivity index (χ3v) is 4.01. The van der Waals surface area contributed by atoms with Gasteiger partial charge in [-0.15, -0.1) is 0 Å². The summed E-state index contributed by atoms with van der Waals surface area (Å²) in [4.78, 5) is 16.3. The summed E-state index contributed by atoms with van der Waals surface area (Å²) in [5.74, 6) is 0.826. The van der Waals surface area contributed by atoms with Crippen LogP contribution in [-0.4, -0.2) is 30.6 Å². The Labute approximate surface area is 136 Å². The van der Waals surface area contributed by atoms with E-state index >= 15 is 0 Å². The van der Waals surface area contributed by atoms with E-state index in [9.17, 15) is 4.79 Å². The van der Waals surface area contributed by atoms with Crippen LogP contribution in [0.2, 0.25) is 0 Å². The molecule has 5 nitrogen and oxygen atoms in total. The van der Waals surface area contributed by atoms with Crippen LogP contribution in [-0.2, 0) is 11.2 Å². The normalized spacial score (nSPS) is 16.1. The van der Waals surface area contributed by atoms with Crippen LogP contribution >= 0.6 is 0 Å². The van der Waals surface area contributed by atoms with Gasteiger partial charge in [-0.1, -0.05) is 18.2 Å². The van der Waals surface area contributed by atoms with Crippen molar-refractivity contribution in [1.82, 2.24) is 10.3 Å². The number of carbonyl (C=O) groups excluding carboxylic acids is 1. The number of nitrogens with zero attached hydrogens (tertiary/aromatic N) is 1. The Kier molecular flexibility index (Phi) is 4.76. The smallest absolute Gasteiger partial charge is 0.226 e. The van der Waals surface area contributed by atoms with E-state index in [0.717, 1.165) is 29.0 Å². The van der Waals surface area contributed by atoms with Crippen LogP contribution in [0.3, 0.4) is 0 Å². The molecule has 2 N–H and O–H groups in total. The Bertz CT molecular complexity index is 687. The molecule has 2 aromatic rings. The number of hydrogen-bond donors (Lipinski definition) is 2. The number of aromatic nitrogens is 1. The van der Waals surface area contributed by atoms with E-state index in [1.165, 1.54) is 0 Å². The minimum atomic E-state index is -0.118. The van der Waals surface area contributed by atoms with Gasteiger partial charge in [0, 0.05) is 31.2 Å². The number of ether oxygens (including phenoxy) is 1. The average Bonchev–Trinajstić information content (AvgIpc) is 2.59. The molecule has 23 heavy (non-hydrogen) atoms. The molecule has 5 heteroatoms. The van der Waals surface area contributed by atoms with Gasteiger partial charge in [-0.05, 0) is 36.6 Å². The summed E-state index contributed by atoms with van der Waals surface area (Å²) in [5, 5.41) is 6.28. The van der Waals surface area contributed by atoms with Crippen LogP contribution in [0.4, 0.5) is 5.69 Å². The van der Waals surface area contributed by atoms with E-state index in [-0.39, 0.29) is 11.8 Å². The Morgan fingerprint density at radius 3 is 3.04 bits per heavy atom. The zero-order chi connectivity index (χ0) is 16.1. The molecule has 0 saturated heterocycles. The first-order valence-electron chi connectivity index (χ1n) is 7.87. The van der Waals surface area contributed by atoms with Crippen LogP contribution < -0.4 is 15.4 Å². The molecule has 0 fully saturated rings. The molecule has 120 valence electrons. The molecule has 0 bridgehead atoms. The van der Waals surface area contributed by atoms with Gasteiger partial charge < -0.3 is 15.4 Å². The third-order valence-electron chi connectivity index (χ3n) is 4.01. The standard InChI is InChI=1S/C18H21N3O2/c1-13-11-19-7-6-16(13)20-8-9-21-18(22)15-10-14-4-2-3-5-17(14)23-12-15/h2-7,11,15H,8-10,12H2,1H3,(H,19,20)(H,21,22)/t15-/m1/s1. The lowest BCUT2D eigenvalue weighted by molar-refractivity contribution is -0.126. The van der Waals surface area contributed by atoms with E-state index in [1.54, 1.807) is 6.20 Å². The number of amides is 1. The zero-order valence-electron chi connectivity index (χ0n) is 13.2. The molecule has 2 heterocycles. The quantitative estimate of drug-likeness (QED) is 0.831. The second-order valence-corrected chi connectivity index (χ2v) is 5.73. The molecule has 1 atom stereocenters. The van der Waals surface area contributed by atoms with Crippen LogP contribution in [0.15, 0.2) is 42.7 Å². The highest BCUT2D eigenvalue weighted by Crippen LogP contribution is 2.26. The molecule has 0 aliphatic carbocycles. The first kappa shape index (κ1) is 15.3. The van der Waals surface area contributed by atoms with Gasteiger partial charge >= 0.3 is 0 Å². The summed E-state index contributed by atoms with van der Waals surface area (Å²) < 4.78 is 5.67. The molecule has 0 saturated carbocycles. The molecule has 1 aliphatic heterocycles. The van der Waals surface area contributed by atoms with Gasteiger partial charge in [0.2, 0.25) is 5.91 Å². The summed E-state index contributed by atoms with van der Waals surface area (Å²) in [5.41, 5.74) is 3.24. The van der Waals surface area contributed by atoms with Gasteiger partial charge in [-0.25, -0.2) is 0 Å². The van der Waals surface area contributed by atoms with Gasteiger partial charge in [0.25, 0.3) is 0 Å². The first-order chi connectivity index (χ1) is 11.2. The highest BCUT2D eigenvalue weighted by Gasteiger charge is 2.25. The van der Waals surface area contributed by atoms with E-state index < -0.39 is 0 Å². The lowest BCUT2D eigenvalue weighted by Gasteiger charge is -2.24. The minimum absolute atomic E-state index is 0.0488. The highest BCUT2D eigenvalue weighted by atomic mass is 16.5. The van der Waals surface area contributed by atoms with Crippen molar-refractivity contribution in [3.8, 4) is 5.75 Å². The predicted molar refractivity (Wildman–Crippen MR) is 89.6 cm³/mol. The Morgan fingerprint density at radius 2 is 2.17 bits per heavy atom. The molecule has 3 rings (SSSR count). The van der Waals surface area contributed by atoms with Crippen molar-refractivity contribution in [2.75, 3.05) is 25.0 Å². The molecule has 0 unspecified atom stereocenters. The number of pyridine rings is 1. The Morgan fingerprint density at radius 1 is 1.30 bits per heavy atom. The minimum Gasteiger partial charge on any atom is -0.492 e.